The Hall–Kier alpha value is -2.89. The Morgan fingerprint density at radius 3 is 2.22 bits per heavy atom. The maximum absolute atomic E-state index is 14.1. The smallest absolute Gasteiger partial charge is 0.254 e. The average Bonchev–Trinajstić information content (AvgIpc) is 3.43. The molecule has 6 rings (SSSR count). The van der Waals surface area contributed by atoms with E-state index in [0.717, 1.165) is 68.6 Å². The van der Waals surface area contributed by atoms with E-state index in [9.17, 15) is 13.2 Å². The number of rotatable bonds is 10. The molecule has 0 aromatic heterocycles. The maximum Gasteiger partial charge on any atom is 0.254 e. The second-order valence-corrected chi connectivity index (χ2v) is 16.3. The van der Waals surface area contributed by atoms with E-state index in [4.69, 9.17) is 37.4 Å². The molecular weight excluding hydrogens is 721 g/mol. The van der Waals surface area contributed by atoms with Gasteiger partial charge in [0.1, 0.15) is 0 Å². The number of piperidine rings is 2. The number of likely N-dealkylation sites (tertiary alicyclic amines) is 2. The molecule has 3 aliphatic rings. The van der Waals surface area contributed by atoms with Crippen molar-refractivity contribution in [3.8, 4) is 17.2 Å². The first-order valence-corrected chi connectivity index (χ1v) is 19.4. The Kier molecular flexibility index (Phi) is 12.1. The van der Waals surface area contributed by atoms with Gasteiger partial charge in [0.05, 0.1) is 43.3 Å². The molecule has 1 amide bonds. The second-order valence-electron chi connectivity index (χ2n) is 13.6. The predicted octanol–water partition coefficient (Wildman–Crippen LogP) is 7.11. The first-order valence-electron chi connectivity index (χ1n) is 16.8. The van der Waals surface area contributed by atoms with Gasteiger partial charge in [0, 0.05) is 30.1 Å². The topological polar surface area (TPSA) is 88.6 Å². The molecular formula is C37H46Cl3N3O6S. The highest BCUT2D eigenvalue weighted by Crippen LogP contribution is 2.48. The van der Waals surface area contributed by atoms with Crippen molar-refractivity contribution in [3.05, 3.63) is 81.3 Å². The lowest BCUT2D eigenvalue weighted by molar-refractivity contribution is 0.0524. The van der Waals surface area contributed by atoms with Crippen LogP contribution in [0.4, 0.5) is 5.69 Å². The first kappa shape index (κ1) is 38.3. The predicted molar refractivity (Wildman–Crippen MR) is 202 cm³/mol. The molecule has 3 aromatic carbocycles. The molecule has 13 heteroatoms. The van der Waals surface area contributed by atoms with Gasteiger partial charge in [0.2, 0.25) is 15.8 Å². The number of carbonyl (C=O) groups excluding carboxylic acids is 1. The van der Waals surface area contributed by atoms with Crippen LogP contribution in [0.15, 0.2) is 54.6 Å². The van der Waals surface area contributed by atoms with Gasteiger partial charge in [0.25, 0.3) is 5.91 Å². The fraction of sp³-hybridized carbons (Fsp3) is 0.486. The Labute approximate surface area is 312 Å². The largest absolute Gasteiger partial charge is 0.493 e. The summed E-state index contributed by atoms with van der Waals surface area (Å²) in [6.07, 6.45) is 6.62. The van der Waals surface area contributed by atoms with Gasteiger partial charge in [-0.05, 0) is 106 Å². The number of benzene rings is 3. The standard InChI is InChI=1S/C37H45Cl2N3O6S.ClH/c1-46-33-22-27(23-34(47-2)35(33)48-3)36(43)41-16-12-25(19-28(41)20-26-9-10-30(38)31(39)21-26)11-15-40-17-13-37(14-18-40)24-42(49(4,44)45)32-8-6-5-7-29(32)37;/h5-10,21-23,25,28H,11-20,24H2,1-4H3;1H/t25-,28+;/m1./s1. The highest BCUT2D eigenvalue weighted by atomic mass is 35.5. The third-order valence-electron chi connectivity index (χ3n) is 10.7. The number of nitrogens with zero attached hydrogens (tertiary/aromatic N) is 3. The van der Waals surface area contributed by atoms with Gasteiger partial charge in [-0.3, -0.25) is 9.10 Å². The van der Waals surface area contributed by atoms with Crippen molar-refractivity contribution in [1.29, 1.82) is 0 Å². The van der Waals surface area contributed by atoms with Gasteiger partial charge in [-0.2, -0.15) is 0 Å². The molecule has 0 N–H and O–H groups in total. The highest BCUT2D eigenvalue weighted by Gasteiger charge is 2.47. The number of para-hydroxylation sites is 1. The average molecular weight is 767 g/mol. The summed E-state index contributed by atoms with van der Waals surface area (Å²) in [5.41, 5.74) is 3.37. The molecule has 0 bridgehead atoms. The minimum Gasteiger partial charge on any atom is -0.493 e. The number of methoxy groups -OCH3 is 3. The Morgan fingerprint density at radius 2 is 1.60 bits per heavy atom. The molecule has 0 saturated carbocycles. The molecule has 272 valence electrons. The number of hydrogen-bond donors (Lipinski definition) is 0. The number of halogens is 3. The molecule has 1 spiro atoms. The van der Waals surface area contributed by atoms with E-state index in [-0.39, 0.29) is 29.8 Å². The Bertz CT molecular complexity index is 1780. The van der Waals surface area contributed by atoms with Crippen LogP contribution in [0.25, 0.3) is 0 Å². The lowest BCUT2D eigenvalue weighted by Gasteiger charge is -2.42. The lowest BCUT2D eigenvalue weighted by Crippen LogP contribution is -2.48. The minimum atomic E-state index is -3.34. The van der Waals surface area contributed by atoms with Crippen LogP contribution in [0.5, 0.6) is 17.2 Å². The van der Waals surface area contributed by atoms with E-state index < -0.39 is 10.0 Å². The summed E-state index contributed by atoms with van der Waals surface area (Å²) in [5, 5.41) is 1.01. The SMILES string of the molecule is COc1cc(C(=O)N2CC[C@@H](CCN3CCC4(CC3)CN(S(C)(=O)=O)c3ccccc34)C[C@H]2Cc2ccc(Cl)c(Cl)c2)cc(OC)c1OC.Cl. The van der Waals surface area contributed by atoms with Crippen molar-refractivity contribution < 1.29 is 27.4 Å². The molecule has 50 heavy (non-hydrogen) atoms. The molecule has 0 aliphatic carbocycles. The van der Waals surface area contributed by atoms with Crippen LogP contribution in [0, 0.1) is 5.92 Å². The van der Waals surface area contributed by atoms with Gasteiger partial charge < -0.3 is 24.0 Å². The van der Waals surface area contributed by atoms with Crippen LogP contribution in [0.1, 0.15) is 53.6 Å². The van der Waals surface area contributed by atoms with Gasteiger partial charge in [-0.1, -0.05) is 47.5 Å². The molecule has 3 aromatic rings. The van der Waals surface area contributed by atoms with Crippen LogP contribution in [-0.2, 0) is 21.9 Å². The third-order valence-corrected chi connectivity index (χ3v) is 12.6. The Balaban J connectivity index is 0.00000486. The summed E-state index contributed by atoms with van der Waals surface area (Å²) in [7, 11) is 1.29. The van der Waals surface area contributed by atoms with Crippen molar-refractivity contribution in [3.63, 3.8) is 0 Å². The van der Waals surface area contributed by atoms with E-state index >= 15 is 0 Å². The minimum absolute atomic E-state index is 0. The zero-order valence-corrected chi connectivity index (χ0v) is 32.1. The van der Waals surface area contributed by atoms with E-state index in [2.05, 4.69) is 11.0 Å². The van der Waals surface area contributed by atoms with Crippen LogP contribution < -0.4 is 18.5 Å². The van der Waals surface area contributed by atoms with Crippen LogP contribution in [-0.4, -0.2) is 90.5 Å². The quantitative estimate of drug-likeness (QED) is 0.218. The number of carbonyl (C=O) groups is 1. The van der Waals surface area contributed by atoms with Crippen LogP contribution in [0.3, 0.4) is 0 Å². The van der Waals surface area contributed by atoms with Gasteiger partial charge in [0.15, 0.2) is 11.5 Å². The highest BCUT2D eigenvalue weighted by molar-refractivity contribution is 7.92. The van der Waals surface area contributed by atoms with E-state index in [1.807, 2.05) is 41.3 Å². The van der Waals surface area contributed by atoms with Gasteiger partial charge in [-0.25, -0.2) is 8.42 Å². The number of sulfonamides is 1. The number of ether oxygens (including phenoxy) is 3. The van der Waals surface area contributed by atoms with Gasteiger partial charge >= 0.3 is 0 Å². The molecule has 3 aliphatic heterocycles. The second kappa shape index (κ2) is 15.8. The van der Waals surface area contributed by atoms with Crippen LogP contribution >= 0.6 is 35.6 Å². The van der Waals surface area contributed by atoms with E-state index in [0.29, 0.717) is 58.3 Å². The fourth-order valence-corrected chi connectivity index (χ4v) is 9.36. The lowest BCUT2D eigenvalue weighted by atomic mass is 9.74. The summed E-state index contributed by atoms with van der Waals surface area (Å²) in [4.78, 5) is 18.7. The number of amides is 1. The number of fused-ring (bicyclic) bond motifs is 2. The Morgan fingerprint density at radius 1 is 0.920 bits per heavy atom. The van der Waals surface area contributed by atoms with Crippen molar-refractivity contribution in [2.24, 2.45) is 5.92 Å². The normalized spacial score (nSPS) is 20.3. The first-order chi connectivity index (χ1) is 23.5. The number of anilines is 1. The molecule has 2 fully saturated rings. The van der Waals surface area contributed by atoms with E-state index in [1.54, 1.807) is 37.8 Å². The monoisotopic (exact) mass is 765 g/mol. The summed E-state index contributed by atoms with van der Waals surface area (Å²) in [5.74, 6) is 1.69. The zero-order chi connectivity index (χ0) is 34.9. The molecule has 0 radical (unpaired) electrons. The summed E-state index contributed by atoms with van der Waals surface area (Å²) in [6.45, 7) is 3.98. The summed E-state index contributed by atoms with van der Waals surface area (Å²) < 4.78 is 43.4. The molecule has 2 saturated heterocycles. The van der Waals surface area contributed by atoms with Crippen molar-refractivity contribution in [1.82, 2.24) is 9.80 Å². The third kappa shape index (κ3) is 7.80. The van der Waals surface area contributed by atoms with Crippen molar-refractivity contribution >= 4 is 57.2 Å². The van der Waals surface area contributed by atoms with Crippen LogP contribution in [0.2, 0.25) is 10.0 Å². The number of hydrogen-bond acceptors (Lipinski definition) is 7. The zero-order valence-electron chi connectivity index (χ0n) is 29.0. The summed E-state index contributed by atoms with van der Waals surface area (Å²) in [6, 6.07) is 17.1. The molecule has 2 atom stereocenters. The van der Waals surface area contributed by atoms with Crippen molar-refractivity contribution in [2.45, 2.75) is 50.0 Å². The van der Waals surface area contributed by atoms with Gasteiger partial charge in [-0.15, -0.1) is 12.4 Å². The summed E-state index contributed by atoms with van der Waals surface area (Å²) >= 11 is 12.6. The fourth-order valence-electron chi connectivity index (χ4n) is 8.04. The molecule has 9 nitrogen and oxygen atoms in total. The maximum atomic E-state index is 14.1. The molecule has 3 heterocycles. The molecule has 0 unspecified atom stereocenters. The van der Waals surface area contributed by atoms with E-state index in [1.165, 1.54) is 6.26 Å². The van der Waals surface area contributed by atoms with Crippen molar-refractivity contribution in [2.75, 3.05) is 64.6 Å².